The molecule has 1 atom stereocenters. The third kappa shape index (κ3) is 8.71. The van der Waals surface area contributed by atoms with Gasteiger partial charge in [-0.3, -0.25) is 9.59 Å². The number of aryl methyl sites for hydroxylation is 1. The molecule has 7 heteroatoms. The van der Waals surface area contributed by atoms with Crippen LogP contribution in [-0.4, -0.2) is 69.9 Å². The molecule has 0 saturated carbocycles. The third-order valence-corrected chi connectivity index (χ3v) is 6.54. The van der Waals surface area contributed by atoms with Gasteiger partial charge in [0.15, 0.2) is 0 Å². The van der Waals surface area contributed by atoms with E-state index >= 15 is 0 Å². The number of piperidine rings is 1. The fraction of sp³-hybridized carbons (Fsp3) is 0.815. The Morgan fingerprint density at radius 3 is 2.38 bits per heavy atom. The fourth-order valence-corrected chi connectivity index (χ4v) is 4.68. The van der Waals surface area contributed by atoms with E-state index in [1.165, 1.54) is 5.69 Å². The molecule has 2 amide bonds. The van der Waals surface area contributed by atoms with Gasteiger partial charge in [0.2, 0.25) is 11.8 Å². The molecule has 194 valence electrons. The average molecular weight is 476 g/mol. The number of imidazole rings is 1. The summed E-state index contributed by atoms with van der Waals surface area (Å²) in [7, 11) is 2.11. The Balaban J connectivity index is 0.000000945. The van der Waals surface area contributed by atoms with Crippen LogP contribution in [0.1, 0.15) is 78.7 Å². The first kappa shape index (κ1) is 28.3. The van der Waals surface area contributed by atoms with Gasteiger partial charge in [0.05, 0.1) is 12.6 Å². The van der Waals surface area contributed by atoms with E-state index in [0.29, 0.717) is 18.4 Å². The molecule has 0 radical (unpaired) electrons. The quantitative estimate of drug-likeness (QED) is 0.623. The number of likely N-dealkylation sites (tertiary alicyclic amines) is 1. The van der Waals surface area contributed by atoms with Crippen LogP contribution in [-0.2, 0) is 29.5 Å². The minimum absolute atomic E-state index is 0.0795. The van der Waals surface area contributed by atoms with Crippen molar-refractivity contribution in [1.82, 2.24) is 24.7 Å². The minimum atomic E-state index is -0.146. The summed E-state index contributed by atoms with van der Waals surface area (Å²) in [6.45, 7) is 16.1. The smallest absolute Gasteiger partial charge is 0.242 e. The minimum Gasteiger partial charge on any atom is -0.341 e. The zero-order valence-corrected chi connectivity index (χ0v) is 22.8. The second-order valence-electron chi connectivity index (χ2n) is 11.1. The number of aromatic nitrogens is 2. The van der Waals surface area contributed by atoms with Gasteiger partial charge >= 0.3 is 0 Å². The van der Waals surface area contributed by atoms with Crippen LogP contribution < -0.4 is 5.32 Å². The Bertz CT molecular complexity index is 762. The second-order valence-corrected chi connectivity index (χ2v) is 11.1. The van der Waals surface area contributed by atoms with Crippen molar-refractivity contribution in [2.24, 2.45) is 24.8 Å². The molecule has 3 heterocycles. The molecule has 0 spiro atoms. The summed E-state index contributed by atoms with van der Waals surface area (Å²) in [6.07, 6.45) is 8.03. The van der Waals surface area contributed by atoms with E-state index in [9.17, 15) is 9.59 Å². The van der Waals surface area contributed by atoms with Crippen molar-refractivity contribution in [2.75, 3.05) is 32.7 Å². The summed E-state index contributed by atoms with van der Waals surface area (Å²) in [5, 5.41) is 3.30. The number of rotatable bonds is 8. The highest BCUT2D eigenvalue weighted by molar-refractivity contribution is 5.88. The molecule has 2 aliphatic heterocycles. The van der Waals surface area contributed by atoms with E-state index in [2.05, 4.69) is 63.5 Å². The molecule has 34 heavy (non-hydrogen) atoms. The largest absolute Gasteiger partial charge is 0.341 e. The van der Waals surface area contributed by atoms with Gasteiger partial charge in [-0.1, -0.05) is 48.0 Å². The number of hydrogen-bond donors (Lipinski definition) is 1. The molecular formula is C27H49N5O2. The Hall–Kier alpha value is -1.89. The van der Waals surface area contributed by atoms with Crippen LogP contribution in [0.5, 0.6) is 0 Å². The van der Waals surface area contributed by atoms with Crippen molar-refractivity contribution in [3.05, 3.63) is 17.7 Å². The van der Waals surface area contributed by atoms with Crippen molar-refractivity contribution in [3.63, 3.8) is 0 Å². The summed E-state index contributed by atoms with van der Waals surface area (Å²) < 4.78 is 2.24. The molecule has 2 aliphatic rings. The maximum atomic E-state index is 12.8. The molecule has 0 aromatic carbocycles. The highest BCUT2D eigenvalue weighted by Crippen LogP contribution is 2.22. The number of hydrogen-bond acceptors (Lipinski definition) is 4. The summed E-state index contributed by atoms with van der Waals surface area (Å²) in [6, 6.07) is -0.146. The molecule has 1 aromatic heterocycles. The van der Waals surface area contributed by atoms with Gasteiger partial charge in [-0.25, -0.2) is 4.98 Å². The third-order valence-electron chi connectivity index (χ3n) is 6.54. The van der Waals surface area contributed by atoms with Crippen LogP contribution in [0.15, 0.2) is 6.20 Å². The summed E-state index contributed by atoms with van der Waals surface area (Å²) in [5.41, 5.74) is 1.30. The molecule has 2 fully saturated rings. The first-order valence-corrected chi connectivity index (χ1v) is 13.4. The Kier molecular flexibility index (Phi) is 11.6. The van der Waals surface area contributed by atoms with E-state index in [-0.39, 0.29) is 24.4 Å². The monoisotopic (exact) mass is 475 g/mol. The van der Waals surface area contributed by atoms with Crippen molar-refractivity contribution < 1.29 is 9.59 Å². The molecule has 0 bridgehead atoms. The standard InChI is InChI=1S/C23H39N5O2.C4H10/c1-5-6-19-15-25-21(26(19)4)14-18-7-10-27(11-8-18)22(29)16-28-12-9-24-20(23(28)30)13-17(2)3;1-4(2)3/h15,17-18,20,24H,5-14,16H2,1-4H3;4H,1-3H3. The normalized spacial score (nSPS) is 19.6. The fourth-order valence-electron chi connectivity index (χ4n) is 4.68. The first-order valence-electron chi connectivity index (χ1n) is 13.4. The maximum Gasteiger partial charge on any atom is 0.242 e. The number of piperazine rings is 1. The topological polar surface area (TPSA) is 70.5 Å². The number of nitrogens with zero attached hydrogens (tertiary/aromatic N) is 4. The highest BCUT2D eigenvalue weighted by Gasteiger charge is 2.32. The van der Waals surface area contributed by atoms with Gasteiger partial charge < -0.3 is 19.7 Å². The van der Waals surface area contributed by atoms with Gasteiger partial charge in [0.1, 0.15) is 5.82 Å². The Labute approximate surface area is 207 Å². The van der Waals surface area contributed by atoms with Crippen LogP contribution in [0, 0.1) is 17.8 Å². The number of amides is 2. The highest BCUT2D eigenvalue weighted by atomic mass is 16.2. The number of nitrogens with one attached hydrogen (secondary N) is 1. The predicted octanol–water partition coefficient (Wildman–Crippen LogP) is 3.66. The lowest BCUT2D eigenvalue weighted by molar-refractivity contribution is -0.144. The average Bonchev–Trinajstić information content (AvgIpc) is 3.10. The Morgan fingerprint density at radius 2 is 1.79 bits per heavy atom. The van der Waals surface area contributed by atoms with Gasteiger partial charge in [0, 0.05) is 51.5 Å². The zero-order valence-electron chi connectivity index (χ0n) is 22.8. The van der Waals surface area contributed by atoms with Crippen LogP contribution in [0.25, 0.3) is 0 Å². The predicted molar refractivity (Wildman–Crippen MR) is 139 cm³/mol. The van der Waals surface area contributed by atoms with Crippen molar-refractivity contribution in [3.8, 4) is 0 Å². The van der Waals surface area contributed by atoms with Gasteiger partial charge in [-0.2, -0.15) is 0 Å². The van der Waals surface area contributed by atoms with Crippen LogP contribution in [0.2, 0.25) is 0 Å². The molecular weight excluding hydrogens is 426 g/mol. The van der Waals surface area contributed by atoms with Crippen molar-refractivity contribution in [1.29, 1.82) is 0 Å². The maximum absolute atomic E-state index is 12.8. The van der Waals surface area contributed by atoms with Crippen LogP contribution in [0.4, 0.5) is 0 Å². The zero-order chi connectivity index (χ0) is 25.3. The molecule has 1 N–H and O–H groups in total. The van der Waals surface area contributed by atoms with Crippen LogP contribution in [0.3, 0.4) is 0 Å². The van der Waals surface area contributed by atoms with E-state index in [0.717, 1.165) is 69.9 Å². The first-order chi connectivity index (χ1) is 16.1. The summed E-state index contributed by atoms with van der Waals surface area (Å²) in [5.74, 6) is 3.19. The molecule has 3 rings (SSSR count). The van der Waals surface area contributed by atoms with E-state index in [1.54, 1.807) is 4.90 Å². The summed E-state index contributed by atoms with van der Waals surface area (Å²) >= 11 is 0. The number of carbonyl (C=O) groups is 2. The lowest BCUT2D eigenvalue weighted by atomic mass is 9.93. The van der Waals surface area contributed by atoms with E-state index in [4.69, 9.17) is 0 Å². The van der Waals surface area contributed by atoms with E-state index in [1.807, 2.05) is 11.1 Å². The van der Waals surface area contributed by atoms with Crippen molar-refractivity contribution in [2.45, 2.75) is 86.1 Å². The molecule has 0 aliphatic carbocycles. The molecule has 2 saturated heterocycles. The SMILES string of the molecule is CC(C)C.CCCc1cnc(CC2CCN(C(=O)CN3CCNC(CC(C)C)C3=O)CC2)n1C. The van der Waals surface area contributed by atoms with Gasteiger partial charge in [-0.05, 0) is 43.4 Å². The molecule has 1 aromatic rings. The lowest BCUT2D eigenvalue weighted by Gasteiger charge is -2.36. The number of carbonyl (C=O) groups excluding carboxylic acids is 2. The lowest BCUT2D eigenvalue weighted by Crippen LogP contribution is -2.57. The van der Waals surface area contributed by atoms with Crippen molar-refractivity contribution >= 4 is 11.8 Å². The Morgan fingerprint density at radius 1 is 1.15 bits per heavy atom. The van der Waals surface area contributed by atoms with Gasteiger partial charge in [0.25, 0.3) is 0 Å². The van der Waals surface area contributed by atoms with Gasteiger partial charge in [-0.15, -0.1) is 0 Å². The molecule has 7 nitrogen and oxygen atoms in total. The summed E-state index contributed by atoms with van der Waals surface area (Å²) in [4.78, 5) is 33.9. The van der Waals surface area contributed by atoms with E-state index < -0.39 is 0 Å². The molecule has 1 unspecified atom stereocenters. The van der Waals surface area contributed by atoms with Crippen LogP contribution >= 0.6 is 0 Å². The second kappa shape index (κ2) is 13.9.